The molecule has 18 heavy (non-hydrogen) atoms. The standard InChI is InChI=1S/C14H22N4/c1-11-16-13-6-5-12(10-14(13)17-11)4-3-8-18(2)9-7-15/h5-6,10H,3-4,7-9,15H2,1-2H3,(H,16,17). The molecule has 98 valence electrons. The van der Waals surface area contributed by atoms with Crippen LogP contribution < -0.4 is 5.73 Å². The van der Waals surface area contributed by atoms with E-state index in [2.05, 4.69) is 40.1 Å². The summed E-state index contributed by atoms with van der Waals surface area (Å²) in [4.78, 5) is 9.97. The Hall–Kier alpha value is -1.39. The number of imidazole rings is 1. The molecule has 4 heteroatoms. The highest BCUT2D eigenvalue weighted by Crippen LogP contribution is 2.14. The first kappa shape index (κ1) is 13.1. The van der Waals surface area contributed by atoms with Gasteiger partial charge in [-0.3, -0.25) is 0 Å². The van der Waals surface area contributed by atoms with Crippen LogP contribution >= 0.6 is 0 Å². The molecular formula is C14H22N4. The van der Waals surface area contributed by atoms with Crippen molar-refractivity contribution in [1.82, 2.24) is 14.9 Å². The summed E-state index contributed by atoms with van der Waals surface area (Å²) in [5.74, 6) is 0.977. The van der Waals surface area contributed by atoms with Crippen molar-refractivity contribution in [3.05, 3.63) is 29.6 Å². The van der Waals surface area contributed by atoms with Crippen molar-refractivity contribution in [3.63, 3.8) is 0 Å². The predicted molar refractivity (Wildman–Crippen MR) is 75.7 cm³/mol. The molecule has 0 fully saturated rings. The van der Waals surface area contributed by atoms with Gasteiger partial charge in [0.25, 0.3) is 0 Å². The van der Waals surface area contributed by atoms with Gasteiger partial charge in [0.2, 0.25) is 0 Å². The van der Waals surface area contributed by atoms with Crippen LogP contribution in [0.1, 0.15) is 17.8 Å². The van der Waals surface area contributed by atoms with Crippen LogP contribution in [0.4, 0.5) is 0 Å². The third kappa shape index (κ3) is 3.31. The van der Waals surface area contributed by atoms with Crippen molar-refractivity contribution in [2.45, 2.75) is 19.8 Å². The molecule has 3 N–H and O–H groups in total. The minimum Gasteiger partial charge on any atom is -0.342 e. The Balaban J connectivity index is 1.91. The van der Waals surface area contributed by atoms with Crippen molar-refractivity contribution in [2.75, 3.05) is 26.7 Å². The van der Waals surface area contributed by atoms with Crippen LogP contribution in [0.3, 0.4) is 0 Å². The zero-order valence-electron chi connectivity index (χ0n) is 11.2. The first-order valence-corrected chi connectivity index (χ1v) is 6.53. The number of hydrogen-bond donors (Lipinski definition) is 2. The van der Waals surface area contributed by atoms with Crippen LogP contribution in [-0.2, 0) is 6.42 Å². The van der Waals surface area contributed by atoms with E-state index in [1.54, 1.807) is 0 Å². The largest absolute Gasteiger partial charge is 0.342 e. The number of nitrogens with two attached hydrogens (primary N) is 1. The van der Waals surface area contributed by atoms with Gasteiger partial charge in [-0.2, -0.15) is 0 Å². The first-order chi connectivity index (χ1) is 8.69. The monoisotopic (exact) mass is 246 g/mol. The van der Waals surface area contributed by atoms with Crippen LogP contribution in [0, 0.1) is 6.92 Å². The van der Waals surface area contributed by atoms with Crippen molar-refractivity contribution >= 4 is 11.0 Å². The minimum atomic E-state index is 0.732. The Kier molecular flexibility index (Phi) is 4.33. The Bertz CT molecular complexity index is 503. The topological polar surface area (TPSA) is 57.9 Å². The first-order valence-electron chi connectivity index (χ1n) is 6.53. The molecular weight excluding hydrogens is 224 g/mol. The minimum absolute atomic E-state index is 0.732. The zero-order chi connectivity index (χ0) is 13.0. The number of rotatable bonds is 6. The molecule has 0 aliphatic heterocycles. The maximum absolute atomic E-state index is 5.52. The number of nitrogens with zero attached hydrogens (tertiary/aromatic N) is 2. The molecule has 1 aromatic heterocycles. The summed E-state index contributed by atoms with van der Waals surface area (Å²) in [5.41, 5.74) is 9.08. The fourth-order valence-electron chi connectivity index (χ4n) is 2.23. The molecule has 2 rings (SSSR count). The molecule has 0 aliphatic carbocycles. The Labute approximate surface area is 108 Å². The van der Waals surface area contributed by atoms with E-state index < -0.39 is 0 Å². The lowest BCUT2D eigenvalue weighted by atomic mass is 10.1. The van der Waals surface area contributed by atoms with Crippen LogP contribution in [0.5, 0.6) is 0 Å². The highest BCUT2D eigenvalue weighted by atomic mass is 15.1. The normalized spacial score (nSPS) is 11.6. The predicted octanol–water partition coefficient (Wildman–Crippen LogP) is 1.69. The number of hydrogen-bond acceptors (Lipinski definition) is 3. The van der Waals surface area contributed by atoms with Gasteiger partial charge in [-0.05, 0) is 51.1 Å². The third-order valence-electron chi connectivity index (χ3n) is 3.18. The lowest BCUT2D eigenvalue weighted by Crippen LogP contribution is -2.26. The lowest BCUT2D eigenvalue weighted by molar-refractivity contribution is 0.338. The van der Waals surface area contributed by atoms with Gasteiger partial charge in [0.15, 0.2) is 0 Å². The molecule has 1 aromatic carbocycles. The zero-order valence-corrected chi connectivity index (χ0v) is 11.2. The molecule has 0 unspecified atom stereocenters. The molecule has 0 aliphatic rings. The highest BCUT2D eigenvalue weighted by Gasteiger charge is 2.02. The summed E-state index contributed by atoms with van der Waals surface area (Å²) >= 11 is 0. The second-order valence-electron chi connectivity index (χ2n) is 4.87. The summed E-state index contributed by atoms with van der Waals surface area (Å²) in [5, 5.41) is 0. The van der Waals surface area contributed by atoms with Gasteiger partial charge in [-0.1, -0.05) is 6.07 Å². The number of likely N-dealkylation sites (N-methyl/N-ethyl adjacent to an activating group) is 1. The van der Waals surface area contributed by atoms with E-state index in [1.165, 1.54) is 5.56 Å². The van der Waals surface area contributed by atoms with E-state index in [9.17, 15) is 0 Å². The molecule has 0 saturated heterocycles. The average Bonchev–Trinajstić information content (AvgIpc) is 2.69. The summed E-state index contributed by atoms with van der Waals surface area (Å²) in [6.45, 7) is 4.79. The number of aromatic nitrogens is 2. The number of benzene rings is 1. The summed E-state index contributed by atoms with van der Waals surface area (Å²) < 4.78 is 0. The Morgan fingerprint density at radius 1 is 1.33 bits per heavy atom. The smallest absolute Gasteiger partial charge is 0.104 e. The van der Waals surface area contributed by atoms with Gasteiger partial charge in [0.05, 0.1) is 11.0 Å². The van der Waals surface area contributed by atoms with Gasteiger partial charge in [-0.15, -0.1) is 0 Å². The molecule has 1 heterocycles. The molecule has 0 atom stereocenters. The van der Waals surface area contributed by atoms with E-state index in [4.69, 9.17) is 5.73 Å². The van der Waals surface area contributed by atoms with E-state index in [1.807, 2.05) is 6.92 Å². The van der Waals surface area contributed by atoms with Gasteiger partial charge in [-0.25, -0.2) is 4.98 Å². The maximum Gasteiger partial charge on any atom is 0.104 e. The van der Waals surface area contributed by atoms with Gasteiger partial charge in [0.1, 0.15) is 5.82 Å². The van der Waals surface area contributed by atoms with Gasteiger partial charge < -0.3 is 15.6 Å². The summed E-state index contributed by atoms with van der Waals surface area (Å²) in [7, 11) is 2.12. The molecule has 0 bridgehead atoms. The van der Waals surface area contributed by atoms with Crippen LogP contribution in [-0.4, -0.2) is 41.5 Å². The Morgan fingerprint density at radius 3 is 2.94 bits per heavy atom. The quantitative estimate of drug-likeness (QED) is 0.815. The second kappa shape index (κ2) is 5.98. The van der Waals surface area contributed by atoms with E-state index >= 15 is 0 Å². The van der Waals surface area contributed by atoms with Crippen molar-refractivity contribution in [3.8, 4) is 0 Å². The maximum atomic E-state index is 5.52. The molecule has 2 aromatic rings. The SMILES string of the molecule is Cc1nc2ccc(CCCN(C)CCN)cc2[nH]1. The van der Waals surface area contributed by atoms with E-state index in [0.717, 1.165) is 49.3 Å². The molecule has 4 nitrogen and oxygen atoms in total. The number of aryl methyl sites for hydroxylation is 2. The number of nitrogens with one attached hydrogen (secondary N) is 1. The van der Waals surface area contributed by atoms with Crippen LogP contribution in [0.15, 0.2) is 18.2 Å². The third-order valence-corrected chi connectivity index (χ3v) is 3.18. The molecule has 0 spiro atoms. The second-order valence-corrected chi connectivity index (χ2v) is 4.87. The van der Waals surface area contributed by atoms with Crippen molar-refractivity contribution in [2.24, 2.45) is 5.73 Å². The number of fused-ring (bicyclic) bond motifs is 1. The van der Waals surface area contributed by atoms with Crippen LogP contribution in [0.25, 0.3) is 11.0 Å². The molecule has 0 radical (unpaired) electrons. The Morgan fingerprint density at radius 2 is 2.17 bits per heavy atom. The summed E-state index contributed by atoms with van der Waals surface area (Å²) in [6.07, 6.45) is 2.26. The lowest BCUT2D eigenvalue weighted by Gasteiger charge is -2.14. The highest BCUT2D eigenvalue weighted by molar-refractivity contribution is 5.75. The molecule has 0 amide bonds. The number of H-pyrrole nitrogens is 1. The fraction of sp³-hybridized carbons (Fsp3) is 0.500. The van der Waals surface area contributed by atoms with E-state index in [0.29, 0.717) is 0 Å². The summed E-state index contributed by atoms with van der Waals surface area (Å²) in [6, 6.07) is 6.47. The van der Waals surface area contributed by atoms with Crippen molar-refractivity contribution < 1.29 is 0 Å². The average molecular weight is 246 g/mol. The van der Waals surface area contributed by atoms with Crippen molar-refractivity contribution in [1.29, 1.82) is 0 Å². The fourth-order valence-corrected chi connectivity index (χ4v) is 2.23. The van der Waals surface area contributed by atoms with Gasteiger partial charge >= 0.3 is 0 Å². The van der Waals surface area contributed by atoms with E-state index in [-0.39, 0.29) is 0 Å². The molecule has 0 saturated carbocycles. The van der Waals surface area contributed by atoms with Gasteiger partial charge in [0, 0.05) is 13.1 Å². The number of aromatic amines is 1. The van der Waals surface area contributed by atoms with Crippen LogP contribution in [0.2, 0.25) is 0 Å².